The van der Waals surface area contributed by atoms with Crippen LogP contribution in [0.5, 0.6) is 0 Å². The number of carbonyl (C=O) groups excluding carboxylic acids is 1. The molecule has 1 aromatic carbocycles. The van der Waals surface area contributed by atoms with E-state index in [1.807, 2.05) is 13.8 Å². The van der Waals surface area contributed by atoms with Crippen LogP contribution < -0.4 is 5.32 Å². The fourth-order valence-electron chi connectivity index (χ4n) is 1.85. The monoisotopic (exact) mass is 305 g/mol. The van der Waals surface area contributed by atoms with Crippen molar-refractivity contribution in [3.63, 3.8) is 0 Å². The van der Waals surface area contributed by atoms with E-state index in [0.717, 1.165) is 11.5 Å². The Labute approximate surface area is 126 Å². The lowest BCUT2D eigenvalue weighted by atomic mass is 10.1. The number of anilines is 1. The largest absolute Gasteiger partial charge is 0.478 e. The van der Waals surface area contributed by atoms with E-state index in [1.165, 1.54) is 12.1 Å². The van der Waals surface area contributed by atoms with Gasteiger partial charge in [-0.2, -0.15) is 0 Å². The molecule has 0 unspecified atom stereocenters. The van der Waals surface area contributed by atoms with E-state index in [0.29, 0.717) is 21.8 Å². The molecule has 0 saturated carbocycles. The lowest BCUT2D eigenvalue weighted by Crippen LogP contribution is -2.14. The Bertz CT molecular complexity index is 695. The molecule has 0 bridgehead atoms. The second-order valence-corrected chi connectivity index (χ2v) is 5.69. The van der Waals surface area contributed by atoms with Crippen LogP contribution >= 0.6 is 11.5 Å². The fraction of sp³-hybridized carbons (Fsp3) is 0.286. The van der Waals surface area contributed by atoms with Gasteiger partial charge >= 0.3 is 5.97 Å². The molecule has 0 aliphatic rings. The number of carboxylic acid groups (broad SMARTS) is 1. The van der Waals surface area contributed by atoms with Gasteiger partial charge in [-0.05, 0) is 48.1 Å². The quantitative estimate of drug-likeness (QED) is 0.906. The van der Waals surface area contributed by atoms with Gasteiger partial charge < -0.3 is 10.4 Å². The third-order valence-electron chi connectivity index (χ3n) is 2.99. The van der Waals surface area contributed by atoms with Crippen LogP contribution in [0.25, 0.3) is 0 Å². The number of hydrogen-bond donors (Lipinski definition) is 2. The summed E-state index contributed by atoms with van der Waals surface area (Å²) >= 11 is 1.05. The van der Waals surface area contributed by atoms with Crippen molar-refractivity contribution in [1.29, 1.82) is 0 Å². The Morgan fingerprint density at radius 1 is 1.33 bits per heavy atom. The van der Waals surface area contributed by atoms with Crippen molar-refractivity contribution in [2.45, 2.75) is 26.7 Å². The molecule has 0 atom stereocenters. The highest BCUT2D eigenvalue weighted by atomic mass is 32.1. The van der Waals surface area contributed by atoms with E-state index >= 15 is 0 Å². The highest BCUT2D eigenvalue weighted by Gasteiger charge is 2.19. The molecular weight excluding hydrogens is 290 g/mol. The molecule has 110 valence electrons. The molecule has 2 aromatic rings. The van der Waals surface area contributed by atoms with Crippen molar-refractivity contribution in [2.75, 3.05) is 5.32 Å². The van der Waals surface area contributed by atoms with E-state index in [2.05, 4.69) is 14.9 Å². The van der Waals surface area contributed by atoms with Gasteiger partial charge in [0.25, 0.3) is 5.91 Å². The van der Waals surface area contributed by atoms with Gasteiger partial charge in [-0.1, -0.05) is 18.3 Å². The van der Waals surface area contributed by atoms with Gasteiger partial charge in [0.05, 0.1) is 11.3 Å². The third-order valence-corrected chi connectivity index (χ3v) is 3.73. The zero-order valence-electron chi connectivity index (χ0n) is 11.9. The van der Waals surface area contributed by atoms with Crippen molar-refractivity contribution < 1.29 is 14.7 Å². The average molecular weight is 305 g/mol. The molecule has 0 fully saturated rings. The lowest BCUT2D eigenvalue weighted by molar-refractivity contribution is 0.0696. The average Bonchev–Trinajstić information content (AvgIpc) is 2.90. The molecule has 1 heterocycles. The van der Waals surface area contributed by atoms with E-state index in [1.54, 1.807) is 13.0 Å². The second-order valence-electron chi connectivity index (χ2n) is 4.93. The SMILES string of the molecule is Cc1cc(C(=O)O)ccc1NC(=O)c1snnc1C(C)C. The zero-order chi connectivity index (χ0) is 15.6. The van der Waals surface area contributed by atoms with Gasteiger partial charge in [0.15, 0.2) is 0 Å². The normalized spacial score (nSPS) is 10.7. The van der Waals surface area contributed by atoms with Crippen LogP contribution in [0.4, 0.5) is 5.69 Å². The summed E-state index contributed by atoms with van der Waals surface area (Å²) in [6, 6.07) is 4.56. The number of aromatic carboxylic acids is 1. The summed E-state index contributed by atoms with van der Waals surface area (Å²) in [7, 11) is 0. The molecule has 2 N–H and O–H groups in total. The molecule has 1 amide bonds. The summed E-state index contributed by atoms with van der Waals surface area (Å²) in [6.45, 7) is 5.64. The number of carbonyl (C=O) groups is 2. The molecule has 7 heteroatoms. The summed E-state index contributed by atoms with van der Waals surface area (Å²) in [6.07, 6.45) is 0. The molecule has 0 radical (unpaired) electrons. The molecule has 1 aromatic heterocycles. The van der Waals surface area contributed by atoms with Crippen LogP contribution in [-0.4, -0.2) is 26.6 Å². The van der Waals surface area contributed by atoms with E-state index in [4.69, 9.17) is 5.11 Å². The van der Waals surface area contributed by atoms with Crippen molar-refractivity contribution in [2.24, 2.45) is 0 Å². The third kappa shape index (κ3) is 3.25. The Hall–Kier alpha value is -2.28. The maximum Gasteiger partial charge on any atom is 0.335 e. The highest BCUT2D eigenvalue weighted by molar-refractivity contribution is 7.08. The molecule has 0 aliphatic heterocycles. The number of aromatic nitrogens is 2. The Morgan fingerprint density at radius 3 is 2.62 bits per heavy atom. The molecule has 0 saturated heterocycles. The predicted octanol–water partition coefficient (Wildman–Crippen LogP) is 2.92. The first kappa shape index (κ1) is 15.1. The Balaban J connectivity index is 2.24. The maximum absolute atomic E-state index is 12.3. The fourth-order valence-corrected chi connectivity index (χ4v) is 2.56. The van der Waals surface area contributed by atoms with Gasteiger partial charge in [0.1, 0.15) is 4.88 Å². The molecule has 2 rings (SSSR count). The number of hydrogen-bond acceptors (Lipinski definition) is 5. The minimum atomic E-state index is -0.996. The number of amides is 1. The lowest BCUT2D eigenvalue weighted by Gasteiger charge is -2.09. The van der Waals surface area contributed by atoms with Gasteiger partial charge in [0, 0.05) is 5.69 Å². The molecule has 6 nitrogen and oxygen atoms in total. The van der Waals surface area contributed by atoms with Gasteiger partial charge in [-0.3, -0.25) is 4.79 Å². The minimum Gasteiger partial charge on any atom is -0.478 e. The first-order valence-electron chi connectivity index (χ1n) is 6.37. The van der Waals surface area contributed by atoms with E-state index < -0.39 is 5.97 Å². The van der Waals surface area contributed by atoms with Crippen LogP contribution in [0.3, 0.4) is 0 Å². The van der Waals surface area contributed by atoms with Crippen molar-refractivity contribution in [1.82, 2.24) is 9.59 Å². The van der Waals surface area contributed by atoms with E-state index in [-0.39, 0.29) is 17.4 Å². The molecule has 0 aliphatic carbocycles. The predicted molar refractivity (Wildman–Crippen MR) is 80.1 cm³/mol. The van der Waals surface area contributed by atoms with E-state index in [9.17, 15) is 9.59 Å². The first-order chi connectivity index (χ1) is 9.90. The van der Waals surface area contributed by atoms with Crippen LogP contribution in [0.2, 0.25) is 0 Å². The number of nitrogens with one attached hydrogen (secondary N) is 1. The summed E-state index contributed by atoms with van der Waals surface area (Å²) in [5, 5.41) is 15.7. The minimum absolute atomic E-state index is 0.111. The van der Waals surface area contributed by atoms with Crippen LogP contribution in [-0.2, 0) is 0 Å². The summed E-state index contributed by atoms with van der Waals surface area (Å²) in [5.41, 5.74) is 2.12. The van der Waals surface area contributed by atoms with Crippen molar-refractivity contribution >= 4 is 29.1 Å². The summed E-state index contributed by atoms with van der Waals surface area (Å²) < 4.78 is 3.82. The number of benzene rings is 1. The zero-order valence-corrected chi connectivity index (χ0v) is 12.7. The van der Waals surface area contributed by atoms with Crippen molar-refractivity contribution in [3.8, 4) is 0 Å². The standard InChI is InChI=1S/C14H15N3O3S/c1-7(2)11-12(21-17-16-11)13(18)15-10-5-4-9(14(19)20)6-8(10)3/h4-7H,1-3H3,(H,15,18)(H,19,20). The Morgan fingerprint density at radius 2 is 2.05 bits per heavy atom. The Kier molecular flexibility index (Phi) is 4.32. The van der Waals surface area contributed by atoms with Gasteiger partial charge in [-0.15, -0.1) is 5.10 Å². The number of carboxylic acids is 1. The summed E-state index contributed by atoms with van der Waals surface area (Å²) in [4.78, 5) is 23.6. The van der Waals surface area contributed by atoms with Gasteiger partial charge in [-0.25, -0.2) is 4.79 Å². The highest BCUT2D eigenvalue weighted by Crippen LogP contribution is 2.22. The molecule has 0 spiro atoms. The topological polar surface area (TPSA) is 92.2 Å². The van der Waals surface area contributed by atoms with Crippen molar-refractivity contribution in [3.05, 3.63) is 39.9 Å². The second kappa shape index (κ2) is 6.01. The van der Waals surface area contributed by atoms with Gasteiger partial charge in [0.2, 0.25) is 0 Å². The number of rotatable bonds is 4. The first-order valence-corrected chi connectivity index (χ1v) is 7.15. The summed E-state index contributed by atoms with van der Waals surface area (Å²) in [5.74, 6) is -1.16. The number of nitrogens with zero attached hydrogens (tertiary/aromatic N) is 2. The smallest absolute Gasteiger partial charge is 0.335 e. The molecule has 21 heavy (non-hydrogen) atoms. The van der Waals surface area contributed by atoms with Crippen LogP contribution in [0, 0.1) is 6.92 Å². The van der Waals surface area contributed by atoms with Crippen LogP contribution in [0.15, 0.2) is 18.2 Å². The number of aryl methyl sites for hydroxylation is 1. The van der Waals surface area contributed by atoms with Crippen LogP contribution in [0.1, 0.15) is 51.1 Å². The molecular formula is C14H15N3O3S. The maximum atomic E-state index is 12.3.